The van der Waals surface area contributed by atoms with Gasteiger partial charge in [0.15, 0.2) is 0 Å². The van der Waals surface area contributed by atoms with Crippen LogP contribution in [0.2, 0.25) is 0 Å². The Bertz CT molecular complexity index is 924. The molecule has 31 heavy (non-hydrogen) atoms. The molecule has 0 aliphatic carbocycles. The molecule has 0 aliphatic rings. The minimum absolute atomic E-state index is 0.0545. The van der Waals surface area contributed by atoms with Crippen LogP contribution < -0.4 is 0 Å². The van der Waals surface area contributed by atoms with E-state index in [1.165, 1.54) is 0 Å². The number of hydrogen-bond acceptors (Lipinski definition) is 0. The van der Waals surface area contributed by atoms with Crippen LogP contribution in [0.1, 0.15) is 47.6 Å². The van der Waals surface area contributed by atoms with Crippen LogP contribution in [-0.2, 0) is 24.7 Å². The average molecular weight is 468 g/mol. The van der Waals surface area contributed by atoms with Crippen molar-refractivity contribution in [3.8, 4) is 11.1 Å². The molecule has 0 N–H and O–H groups in total. The van der Waals surface area contributed by atoms with Crippen molar-refractivity contribution >= 4 is 0 Å². The molecule has 0 nitrogen and oxygen atoms in total. The van der Waals surface area contributed by atoms with Crippen LogP contribution in [0.5, 0.6) is 0 Å². The Kier molecular flexibility index (Phi) is 6.12. The largest absolute Gasteiger partial charge is 0.417 e. The molecule has 0 fully saturated rings. The second kappa shape index (κ2) is 7.63. The summed E-state index contributed by atoms with van der Waals surface area (Å²) in [4.78, 5) is 0. The molecule has 0 saturated heterocycles. The molecule has 0 radical (unpaired) electrons. The second-order valence-electron chi connectivity index (χ2n) is 6.93. The lowest BCUT2D eigenvalue weighted by Gasteiger charge is -2.23. The van der Waals surface area contributed by atoms with Crippen molar-refractivity contribution in [2.75, 3.05) is 0 Å². The predicted molar refractivity (Wildman–Crippen MR) is 86.0 cm³/mol. The third-order valence-electron chi connectivity index (χ3n) is 4.30. The van der Waals surface area contributed by atoms with Gasteiger partial charge in [-0.15, -0.1) is 0 Å². The first-order chi connectivity index (χ1) is 13.7. The van der Waals surface area contributed by atoms with Crippen molar-refractivity contribution in [2.24, 2.45) is 0 Å². The minimum atomic E-state index is -5.49. The first kappa shape index (κ1) is 24.9. The Morgan fingerprint density at radius 1 is 0.516 bits per heavy atom. The number of rotatable bonds is 2. The van der Waals surface area contributed by atoms with Gasteiger partial charge < -0.3 is 0 Å². The molecule has 2 aromatic carbocycles. The van der Waals surface area contributed by atoms with Gasteiger partial charge >= 0.3 is 24.7 Å². The molecule has 0 aromatic heterocycles. The van der Waals surface area contributed by atoms with Crippen molar-refractivity contribution in [3.05, 3.63) is 58.1 Å². The summed E-state index contributed by atoms with van der Waals surface area (Å²) >= 11 is 0. The van der Waals surface area contributed by atoms with E-state index in [-0.39, 0.29) is 24.3 Å². The van der Waals surface area contributed by atoms with E-state index < -0.39 is 69.6 Å². The lowest BCUT2D eigenvalue weighted by molar-refractivity contribution is -0.144. The Hall–Kier alpha value is -2.40. The third-order valence-corrected chi connectivity index (χ3v) is 4.30. The van der Waals surface area contributed by atoms with Crippen LogP contribution in [0, 0.1) is 0 Å². The molecular formula is C19H12F12. The van der Waals surface area contributed by atoms with Gasteiger partial charge in [-0.1, -0.05) is 13.8 Å². The summed E-state index contributed by atoms with van der Waals surface area (Å²) in [6.45, 7) is 2.33. The van der Waals surface area contributed by atoms with Crippen LogP contribution in [0.3, 0.4) is 0 Å². The van der Waals surface area contributed by atoms with Gasteiger partial charge in [0, 0.05) is 0 Å². The fraction of sp³-hybridized carbons (Fsp3) is 0.368. The maximum absolute atomic E-state index is 13.6. The summed E-state index contributed by atoms with van der Waals surface area (Å²) in [6, 6.07) is -0.203. The summed E-state index contributed by atoms with van der Waals surface area (Å²) in [6.07, 6.45) is -21.4. The first-order valence-corrected chi connectivity index (χ1v) is 8.35. The van der Waals surface area contributed by atoms with E-state index >= 15 is 0 Å². The maximum atomic E-state index is 13.6. The summed E-state index contributed by atoms with van der Waals surface area (Å²) < 4.78 is 159. The molecule has 0 unspecified atom stereocenters. The molecular weight excluding hydrogens is 456 g/mol. The van der Waals surface area contributed by atoms with E-state index in [1.54, 1.807) is 0 Å². The lowest BCUT2D eigenvalue weighted by atomic mass is 9.85. The van der Waals surface area contributed by atoms with Gasteiger partial charge in [0.2, 0.25) is 0 Å². The van der Waals surface area contributed by atoms with Gasteiger partial charge in [-0.3, -0.25) is 0 Å². The highest BCUT2D eigenvalue weighted by Gasteiger charge is 2.42. The van der Waals surface area contributed by atoms with E-state index in [9.17, 15) is 52.7 Å². The molecule has 0 bridgehead atoms. The quantitative estimate of drug-likeness (QED) is 0.388. The highest BCUT2D eigenvalue weighted by atomic mass is 19.4. The molecule has 0 heterocycles. The fourth-order valence-electron chi connectivity index (χ4n) is 2.93. The number of hydrogen-bond donors (Lipinski definition) is 0. The van der Waals surface area contributed by atoms with E-state index in [1.807, 2.05) is 0 Å². The zero-order valence-electron chi connectivity index (χ0n) is 15.5. The molecule has 12 heteroatoms. The smallest absolute Gasteiger partial charge is 0.166 e. The van der Waals surface area contributed by atoms with Crippen LogP contribution in [-0.4, -0.2) is 0 Å². The normalized spacial score (nSPS) is 13.8. The van der Waals surface area contributed by atoms with Gasteiger partial charge in [0.25, 0.3) is 0 Å². The number of halogens is 12. The van der Waals surface area contributed by atoms with Crippen LogP contribution in [0.25, 0.3) is 11.1 Å². The fourth-order valence-corrected chi connectivity index (χ4v) is 2.93. The standard InChI is InChI=1S/C19H12F12/c1-8(2)13-6-12(18(26,27)28)7-14(19(29,30)31)15(13)9-3-10(16(20,21)22)5-11(4-9)17(23,24)25/h3-8H,1-2H3. The molecule has 2 rings (SSSR count). The first-order valence-electron chi connectivity index (χ1n) is 8.35. The zero-order chi connectivity index (χ0) is 24.2. The van der Waals surface area contributed by atoms with Crippen LogP contribution in [0.15, 0.2) is 30.3 Å². The molecule has 0 amide bonds. The molecule has 172 valence electrons. The monoisotopic (exact) mass is 468 g/mol. The molecule has 0 spiro atoms. The Morgan fingerprint density at radius 3 is 1.23 bits per heavy atom. The zero-order valence-corrected chi connectivity index (χ0v) is 15.5. The van der Waals surface area contributed by atoms with Gasteiger partial charge in [-0.05, 0) is 52.9 Å². The molecule has 0 atom stereocenters. The molecule has 2 aromatic rings. The highest BCUT2D eigenvalue weighted by molar-refractivity contribution is 5.75. The number of alkyl halides is 12. The van der Waals surface area contributed by atoms with Crippen molar-refractivity contribution < 1.29 is 52.7 Å². The Labute approximate surface area is 167 Å². The van der Waals surface area contributed by atoms with Crippen LogP contribution >= 0.6 is 0 Å². The van der Waals surface area contributed by atoms with Gasteiger partial charge in [0.1, 0.15) is 0 Å². The lowest BCUT2D eigenvalue weighted by Crippen LogP contribution is -2.16. The van der Waals surface area contributed by atoms with Crippen molar-refractivity contribution in [1.29, 1.82) is 0 Å². The van der Waals surface area contributed by atoms with E-state index in [4.69, 9.17) is 0 Å². The summed E-state index contributed by atoms with van der Waals surface area (Å²) in [7, 11) is 0. The van der Waals surface area contributed by atoms with Gasteiger partial charge in [0.05, 0.1) is 22.3 Å². The van der Waals surface area contributed by atoms with Crippen LogP contribution in [0.4, 0.5) is 52.7 Å². The summed E-state index contributed by atoms with van der Waals surface area (Å²) in [5, 5.41) is 0. The highest BCUT2D eigenvalue weighted by Crippen LogP contribution is 2.47. The van der Waals surface area contributed by atoms with E-state index in [0.29, 0.717) is 6.07 Å². The number of benzene rings is 2. The van der Waals surface area contributed by atoms with Crippen molar-refractivity contribution in [1.82, 2.24) is 0 Å². The third kappa shape index (κ3) is 5.45. The van der Waals surface area contributed by atoms with Crippen molar-refractivity contribution in [2.45, 2.75) is 44.5 Å². The average Bonchev–Trinajstić information content (AvgIpc) is 2.57. The Morgan fingerprint density at radius 2 is 0.903 bits per heavy atom. The molecule has 0 aliphatic heterocycles. The van der Waals surface area contributed by atoms with E-state index in [2.05, 4.69) is 0 Å². The maximum Gasteiger partial charge on any atom is 0.417 e. The topological polar surface area (TPSA) is 0 Å². The van der Waals surface area contributed by atoms with Gasteiger partial charge in [-0.2, -0.15) is 52.7 Å². The molecule has 0 saturated carbocycles. The summed E-state index contributed by atoms with van der Waals surface area (Å²) in [5.74, 6) is -1.10. The van der Waals surface area contributed by atoms with Gasteiger partial charge in [-0.25, -0.2) is 0 Å². The SMILES string of the molecule is CC(C)c1cc(C(F)(F)F)cc(C(F)(F)F)c1-c1cc(C(F)(F)F)cc(C(F)(F)F)c1. The predicted octanol–water partition coefficient (Wildman–Crippen LogP) is 8.55. The second-order valence-corrected chi connectivity index (χ2v) is 6.93. The summed E-state index contributed by atoms with van der Waals surface area (Å²) in [5.41, 5.74) is -10.5. The minimum Gasteiger partial charge on any atom is -0.166 e. The Balaban J connectivity index is 3.05. The van der Waals surface area contributed by atoms with Crippen molar-refractivity contribution in [3.63, 3.8) is 0 Å². The van der Waals surface area contributed by atoms with E-state index in [0.717, 1.165) is 13.8 Å².